The zero-order valence-corrected chi connectivity index (χ0v) is 13.8. The van der Waals surface area contributed by atoms with E-state index >= 15 is 0 Å². The molecule has 1 N–H and O–H groups in total. The Kier molecular flexibility index (Phi) is 2.98. The van der Waals surface area contributed by atoms with E-state index in [0.717, 1.165) is 30.7 Å². The van der Waals surface area contributed by atoms with Crippen LogP contribution in [0.3, 0.4) is 0 Å². The molecule has 3 fully saturated rings. The number of carbonyl (C=O) groups excluding carboxylic acids is 1. The van der Waals surface area contributed by atoms with Gasteiger partial charge >= 0.3 is 0 Å². The Labute approximate surface area is 145 Å². The summed E-state index contributed by atoms with van der Waals surface area (Å²) < 4.78 is 7.41. The van der Waals surface area contributed by atoms with Crippen LogP contribution in [0.4, 0.5) is 0 Å². The molecule has 2 heterocycles. The van der Waals surface area contributed by atoms with E-state index in [0.29, 0.717) is 12.4 Å². The first-order valence-electron chi connectivity index (χ1n) is 8.65. The van der Waals surface area contributed by atoms with Crippen molar-refractivity contribution in [1.29, 1.82) is 0 Å². The van der Waals surface area contributed by atoms with Gasteiger partial charge in [-0.25, -0.2) is 0 Å². The van der Waals surface area contributed by atoms with Crippen LogP contribution >= 0.6 is 0 Å². The highest BCUT2D eigenvalue weighted by Gasteiger charge is 2.62. The molecule has 2 aromatic rings. The highest BCUT2D eigenvalue weighted by Crippen LogP contribution is 2.60. The van der Waals surface area contributed by atoms with Crippen molar-refractivity contribution in [2.75, 3.05) is 12.1 Å². The molecule has 3 aliphatic carbocycles. The number of fused-ring (bicyclic) bond motifs is 1. The van der Waals surface area contributed by atoms with Crippen LogP contribution in [0.1, 0.15) is 35.3 Å². The standard InChI is InChI=1S/C19H19N3O3/c23-15-6-7-22-16(17(15)25-11-13-4-2-1-3-5-13)18(24)21(12-20-22)19-8-14(9-19)10-19/h1-7,14,20H,8-12H2. The van der Waals surface area contributed by atoms with E-state index < -0.39 is 0 Å². The number of nitrogens with zero attached hydrogens (tertiary/aromatic N) is 2. The van der Waals surface area contributed by atoms with Crippen molar-refractivity contribution in [2.45, 2.75) is 31.4 Å². The third-order valence-corrected chi connectivity index (χ3v) is 5.71. The lowest BCUT2D eigenvalue weighted by atomic mass is 9.49. The van der Waals surface area contributed by atoms with Crippen LogP contribution in [0.2, 0.25) is 0 Å². The predicted molar refractivity (Wildman–Crippen MR) is 91.9 cm³/mol. The normalized spacial score (nSPS) is 26.2. The van der Waals surface area contributed by atoms with Crippen molar-refractivity contribution in [3.05, 3.63) is 64.1 Å². The largest absolute Gasteiger partial charge is 0.482 e. The summed E-state index contributed by atoms with van der Waals surface area (Å²) in [5, 5.41) is 0. The van der Waals surface area contributed by atoms with Gasteiger partial charge in [0.05, 0.1) is 0 Å². The number of hydrogen-bond donors (Lipinski definition) is 1. The molecule has 4 aliphatic rings. The van der Waals surface area contributed by atoms with Gasteiger partial charge < -0.3 is 15.1 Å². The Morgan fingerprint density at radius 1 is 1.12 bits per heavy atom. The summed E-state index contributed by atoms with van der Waals surface area (Å²) in [4.78, 5) is 27.4. The van der Waals surface area contributed by atoms with Crippen LogP contribution < -0.4 is 15.6 Å². The number of nitrogens with one attached hydrogen (secondary N) is 1. The van der Waals surface area contributed by atoms with E-state index in [1.54, 1.807) is 10.9 Å². The summed E-state index contributed by atoms with van der Waals surface area (Å²) in [6.45, 7) is 0.729. The summed E-state index contributed by atoms with van der Waals surface area (Å²) in [6, 6.07) is 11.1. The molecular formula is C19H19N3O3. The number of aromatic nitrogens is 1. The Hall–Kier alpha value is -2.76. The third kappa shape index (κ3) is 2.10. The van der Waals surface area contributed by atoms with E-state index in [2.05, 4.69) is 5.43 Å². The number of ether oxygens (including phenoxy) is 1. The number of rotatable bonds is 4. The molecule has 6 rings (SSSR count). The lowest BCUT2D eigenvalue weighted by Gasteiger charge is -2.66. The SMILES string of the molecule is O=C1c2c(OCc3ccccc3)c(=O)ccn2NCN1C12CC(C1)C2. The number of pyridine rings is 1. The maximum Gasteiger partial charge on any atom is 0.278 e. The molecular weight excluding hydrogens is 318 g/mol. The van der Waals surface area contributed by atoms with E-state index in [-0.39, 0.29) is 29.2 Å². The Morgan fingerprint density at radius 3 is 2.56 bits per heavy atom. The summed E-state index contributed by atoms with van der Waals surface area (Å²) in [6.07, 6.45) is 4.84. The summed E-state index contributed by atoms with van der Waals surface area (Å²) in [5.74, 6) is 0.791. The van der Waals surface area contributed by atoms with Crippen molar-refractivity contribution in [3.8, 4) is 5.75 Å². The number of carbonyl (C=O) groups is 1. The van der Waals surface area contributed by atoms with Crippen molar-refractivity contribution >= 4 is 5.91 Å². The molecule has 25 heavy (non-hydrogen) atoms. The molecule has 0 radical (unpaired) electrons. The molecule has 0 saturated heterocycles. The Balaban J connectivity index is 1.48. The fourth-order valence-corrected chi connectivity index (χ4v) is 4.21. The first-order valence-corrected chi connectivity index (χ1v) is 8.65. The maximum absolute atomic E-state index is 13.1. The van der Waals surface area contributed by atoms with Gasteiger partial charge in [-0.1, -0.05) is 30.3 Å². The zero-order chi connectivity index (χ0) is 17.0. The molecule has 2 bridgehead atoms. The highest BCUT2D eigenvalue weighted by atomic mass is 16.5. The quantitative estimate of drug-likeness (QED) is 0.926. The second-order valence-electron chi connectivity index (χ2n) is 7.25. The van der Waals surface area contributed by atoms with Gasteiger partial charge in [0.1, 0.15) is 13.3 Å². The van der Waals surface area contributed by atoms with Crippen LogP contribution in [-0.4, -0.2) is 27.7 Å². The number of hydrogen-bond acceptors (Lipinski definition) is 4. The second-order valence-corrected chi connectivity index (χ2v) is 7.25. The molecule has 0 unspecified atom stereocenters. The fourth-order valence-electron chi connectivity index (χ4n) is 4.21. The predicted octanol–water partition coefficient (Wildman–Crippen LogP) is 1.94. The summed E-state index contributed by atoms with van der Waals surface area (Å²) in [5.41, 5.74) is 4.21. The lowest BCUT2D eigenvalue weighted by Crippen LogP contribution is -2.71. The minimum Gasteiger partial charge on any atom is -0.482 e. The maximum atomic E-state index is 13.1. The molecule has 6 nitrogen and oxygen atoms in total. The van der Waals surface area contributed by atoms with Crippen LogP contribution in [0, 0.1) is 5.92 Å². The van der Waals surface area contributed by atoms with E-state index in [1.807, 2.05) is 35.2 Å². The fraction of sp³-hybridized carbons (Fsp3) is 0.368. The minimum absolute atomic E-state index is 0.00257. The number of amides is 1. The van der Waals surface area contributed by atoms with Gasteiger partial charge in [0.2, 0.25) is 5.43 Å². The summed E-state index contributed by atoms with van der Waals surface area (Å²) in [7, 11) is 0. The van der Waals surface area contributed by atoms with E-state index in [4.69, 9.17) is 4.74 Å². The molecule has 0 spiro atoms. The molecule has 3 saturated carbocycles. The van der Waals surface area contributed by atoms with Crippen LogP contribution in [-0.2, 0) is 6.61 Å². The Morgan fingerprint density at radius 2 is 1.88 bits per heavy atom. The Bertz CT molecular complexity index is 889. The van der Waals surface area contributed by atoms with Crippen molar-refractivity contribution in [1.82, 2.24) is 9.58 Å². The minimum atomic E-state index is -0.267. The monoisotopic (exact) mass is 337 g/mol. The average Bonchev–Trinajstić information content (AvgIpc) is 2.55. The molecule has 6 heteroatoms. The number of benzene rings is 1. The van der Waals surface area contributed by atoms with Crippen molar-refractivity contribution in [2.24, 2.45) is 5.92 Å². The van der Waals surface area contributed by atoms with E-state index in [1.165, 1.54) is 6.07 Å². The van der Waals surface area contributed by atoms with E-state index in [9.17, 15) is 9.59 Å². The van der Waals surface area contributed by atoms with Gasteiger partial charge in [0, 0.05) is 17.8 Å². The van der Waals surface area contributed by atoms with Crippen molar-refractivity contribution in [3.63, 3.8) is 0 Å². The third-order valence-electron chi connectivity index (χ3n) is 5.71. The van der Waals surface area contributed by atoms with Crippen molar-refractivity contribution < 1.29 is 9.53 Å². The topological polar surface area (TPSA) is 63.6 Å². The molecule has 1 aromatic carbocycles. The van der Waals surface area contributed by atoms with Crippen LogP contribution in [0.5, 0.6) is 5.75 Å². The van der Waals surface area contributed by atoms with Gasteiger partial charge in [-0.15, -0.1) is 0 Å². The van der Waals surface area contributed by atoms with Crippen LogP contribution in [0.15, 0.2) is 47.4 Å². The van der Waals surface area contributed by atoms with Crippen LogP contribution in [0.25, 0.3) is 0 Å². The molecule has 1 amide bonds. The van der Waals surface area contributed by atoms with Gasteiger partial charge in [-0.05, 0) is 30.7 Å². The van der Waals surface area contributed by atoms with Gasteiger partial charge in [0.25, 0.3) is 5.91 Å². The zero-order valence-electron chi connectivity index (χ0n) is 13.8. The second kappa shape index (κ2) is 5.12. The lowest BCUT2D eigenvalue weighted by molar-refractivity contribution is -0.124. The molecule has 1 aromatic heterocycles. The average molecular weight is 337 g/mol. The van der Waals surface area contributed by atoms with Gasteiger partial charge in [-0.2, -0.15) is 0 Å². The van der Waals surface area contributed by atoms with Gasteiger partial charge in [0.15, 0.2) is 11.4 Å². The molecule has 128 valence electrons. The molecule has 1 aliphatic heterocycles. The first-order chi connectivity index (χ1) is 12.2. The first kappa shape index (κ1) is 14.6. The summed E-state index contributed by atoms with van der Waals surface area (Å²) >= 11 is 0. The smallest absolute Gasteiger partial charge is 0.278 e. The molecule has 0 atom stereocenters. The van der Waals surface area contributed by atoms with Gasteiger partial charge in [-0.3, -0.25) is 14.3 Å². The highest BCUT2D eigenvalue weighted by molar-refractivity contribution is 5.97.